The first-order valence-electron chi connectivity index (χ1n) is 11.8. The smallest absolute Gasteiger partial charge is 0.269 e. The van der Waals surface area contributed by atoms with Gasteiger partial charge in [0.15, 0.2) is 0 Å². The maximum Gasteiger partial charge on any atom is 0.269 e. The number of hydrogen-bond acceptors (Lipinski definition) is 7. The molecule has 6 rings (SSSR count). The van der Waals surface area contributed by atoms with Crippen molar-refractivity contribution < 1.29 is 24.4 Å². The molecule has 3 aromatic carbocycles. The van der Waals surface area contributed by atoms with Crippen molar-refractivity contribution in [1.82, 2.24) is 5.32 Å². The molecule has 10 heteroatoms. The topological polar surface area (TPSA) is 142 Å². The Morgan fingerprint density at radius 2 is 1.76 bits per heavy atom. The standard InChI is InChI=1S/C27H22N4O6/c1-14-12-16(31(36)37)8-11-21(14)30-24(33)22-20(13-15-6-9-17(32)10-7-15)29-27(23(22)25(30)34)18-4-2-3-5-19(18)28-26(27)35/h2-12,20,22-23,29,32H,13H2,1H3,(H,28,35). The third-order valence-corrected chi connectivity index (χ3v) is 7.65. The molecule has 4 atom stereocenters. The molecule has 3 aliphatic rings. The third-order valence-electron chi connectivity index (χ3n) is 7.65. The summed E-state index contributed by atoms with van der Waals surface area (Å²) in [5, 5.41) is 27.1. The van der Waals surface area contributed by atoms with Gasteiger partial charge in [0, 0.05) is 29.4 Å². The highest BCUT2D eigenvalue weighted by atomic mass is 16.6. The number of benzene rings is 3. The van der Waals surface area contributed by atoms with Gasteiger partial charge in [-0.05, 0) is 48.7 Å². The van der Waals surface area contributed by atoms with Crippen LogP contribution in [0.15, 0.2) is 66.7 Å². The van der Waals surface area contributed by atoms with Crippen LogP contribution in [0.3, 0.4) is 0 Å². The molecule has 3 aliphatic heterocycles. The van der Waals surface area contributed by atoms with Crippen LogP contribution < -0.4 is 15.5 Å². The predicted molar refractivity (Wildman–Crippen MR) is 133 cm³/mol. The minimum atomic E-state index is -1.45. The zero-order chi connectivity index (χ0) is 26.1. The Kier molecular flexibility index (Phi) is 4.93. The van der Waals surface area contributed by atoms with Crippen LogP contribution in [-0.2, 0) is 26.3 Å². The Balaban J connectivity index is 1.48. The van der Waals surface area contributed by atoms with Gasteiger partial charge in [-0.2, -0.15) is 0 Å². The average Bonchev–Trinajstić information content (AvgIpc) is 3.45. The van der Waals surface area contributed by atoms with E-state index in [-0.39, 0.29) is 17.1 Å². The lowest BCUT2D eigenvalue weighted by molar-refractivity contribution is -0.384. The largest absolute Gasteiger partial charge is 0.508 e. The number of fused-ring (bicyclic) bond motifs is 4. The quantitative estimate of drug-likeness (QED) is 0.285. The first kappa shape index (κ1) is 22.9. The van der Waals surface area contributed by atoms with E-state index in [2.05, 4.69) is 10.6 Å². The van der Waals surface area contributed by atoms with E-state index < -0.39 is 46.1 Å². The SMILES string of the molecule is Cc1cc([N+](=O)[O-])ccc1N1C(=O)C2C(Cc3ccc(O)cc3)NC3(C(=O)Nc4ccccc43)C2C1=O. The summed E-state index contributed by atoms with van der Waals surface area (Å²) in [4.78, 5) is 53.3. The lowest BCUT2D eigenvalue weighted by Crippen LogP contribution is -2.53. The lowest BCUT2D eigenvalue weighted by atomic mass is 9.76. The number of aryl methyl sites for hydroxylation is 1. The molecule has 3 heterocycles. The van der Waals surface area contributed by atoms with Crippen LogP contribution in [0.25, 0.3) is 0 Å². The van der Waals surface area contributed by atoms with Crippen LogP contribution in [0.5, 0.6) is 5.75 Å². The molecule has 0 bridgehead atoms. The highest BCUT2D eigenvalue weighted by Crippen LogP contribution is 2.54. The van der Waals surface area contributed by atoms with Gasteiger partial charge in [-0.3, -0.25) is 29.8 Å². The van der Waals surface area contributed by atoms with Gasteiger partial charge in [0.1, 0.15) is 11.3 Å². The third kappa shape index (κ3) is 3.19. The van der Waals surface area contributed by atoms with E-state index >= 15 is 0 Å². The number of anilines is 2. The summed E-state index contributed by atoms with van der Waals surface area (Å²) in [5.41, 5.74) is 1.08. The second-order valence-electron chi connectivity index (χ2n) is 9.67. The highest BCUT2D eigenvalue weighted by Gasteiger charge is 2.70. The second-order valence-corrected chi connectivity index (χ2v) is 9.67. The van der Waals surface area contributed by atoms with Gasteiger partial charge >= 0.3 is 0 Å². The number of nitro groups is 1. The van der Waals surface area contributed by atoms with Gasteiger partial charge in [-0.25, -0.2) is 4.90 Å². The Hall–Kier alpha value is -4.57. The van der Waals surface area contributed by atoms with E-state index in [4.69, 9.17) is 0 Å². The van der Waals surface area contributed by atoms with Crippen molar-refractivity contribution in [3.05, 3.63) is 93.5 Å². The van der Waals surface area contributed by atoms with Crippen molar-refractivity contribution in [2.45, 2.75) is 24.9 Å². The number of imide groups is 1. The van der Waals surface area contributed by atoms with E-state index in [0.717, 1.165) is 10.5 Å². The number of non-ortho nitro benzene ring substituents is 1. The van der Waals surface area contributed by atoms with Crippen molar-refractivity contribution in [3.8, 4) is 5.75 Å². The average molecular weight is 498 g/mol. The van der Waals surface area contributed by atoms with Crippen molar-refractivity contribution >= 4 is 34.8 Å². The summed E-state index contributed by atoms with van der Waals surface area (Å²) in [7, 11) is 0. The number of phenolic OH excluding ortho intramolecular Hbond substituents is 1. The summed E-state index contributed by atoms with van der Waals surface area (Å²) >= 11 is 0. The number of nitrogens with zero attached hydrogens (tertiary/aromatic N) is 2. The molecule has 1 spiro atoms. The Bertz CT molecular complexity index is 1500. The number of carbonyl (C=O) groups excluding carboxylic acids is 3. The normalized spacial score (nSPS) is 25.9. The van der Waals surface area contributed by atoms with E-state index in [1.54, 1.807) is 55.5 Å². The predicted octanol–water partition coefficient (Wildman–Crippen LogP) is 2.78. The summed E-state index contributed by atoms with van der Waals surface area (Å²) in [6.07, 6.45) is 0.338. The van der Waals surface area contributed by atoms with E-state index in [1.807, 2.05) is 0 Å². The maximum absolute atomic E-state index is 14.0. The van der Waals surface area contributed by atoms with Crippen molar-refractivity contribution in [2.24, 2.45) is 11.8 Å². The molecular weight excluding hydrogens is 476 g/mol. The van der Waals surface area contributed by atoms with Gasteiger partial charge in [0.05, 0.1) is 22.4 Å². The number of para-hydroxylation sites is 1. The van der Waals surface area contributed by atoms with Crippen molar-refractivity contribution in [1.29, 1.82) is 0 Å². The van der Waals surface area contributed by atoms with Crippen LogP contribution in [0.4, 0.5) is 17.1 Å². The lowest BCUT2D eigenvalue weighted by Gasteiger charge is -2.30. The number of aromatic hydroxyl groups is 1. The number of carbonyl (C=O) groups is 3. The molecule has 3 aromatic rings. The molecule has 4 unspecified atom stereocenters. The number of hydrogen-bond donors (Lipinski definition) is 3. The van der Waals surface area contributed by atoms with Crippen LogP contribution in [-0.4, -0.2) is 33.8 Å². The first-order valence-corrected chi connectivity index (χ1v) is 11.8. The number of rotatable bonds is 4. The minimum Gasteiger partial charge on any atom is -0.508 e. The van der Waals surface area contributed by atoms with Crippen LogP contribution in [0, 0.1) is 28.9 Å². The van der Waals surface area contributed by atoms with E-state index in [1.165, 1.54) is 18.2 Å². The zero-order valence-corrected chi connectivity index (χ0v) is 19.7. The van der Waals surface area contributed by atoms with Gasteiger partial charge in [0.2, 0.25) is 17.7 Å². The molecule has 0 radical (unpaired) electrons. The number of amides is 3. The fraction of sp³-hybridized carbons (Fsp3) is 0.222. The van der Waals surface area contributed by atoms with Crippen molar-refractivity contribution in [3.63, 3.8) is 0 Å². The van der Waals surface area contributed by atoms with Crippen molar-refractivity contribution in [2.75, 3.05) is 10.2 Å². The minimum absolute atomic E-state index is 0.105. The number of nitro benzene ring substituents is 1. The zero-order valence-electron chi connectivity index (χ0n) is 19.7. The molecule has 0 aliphatic carbocycles. The van der Waals surface area contributed by atoms with Crippen LogP contribution >= 0.6 is 0 Å². The number of phenols is 1. The molecule has 0 aromatic heterocycles. The fourth-order valence-electron chi connectivity index (χ4n) is 6.06. The van der Waals surface area contributed by atoms with Gasteiger partial charge in [0.25, 0.3) is 5.69 Å². The molecule has 2 saturated heterocycles. The number of nitrogens with one attached hydrogen (secondary N) is 2. The second kappa shape index (κ2) is 7.97. The van der Waals surface area contributed by atoms with Gasteiger partial charge in [-0.15, -0.1) is 0 Å². The van der Waals surface area contributed by atoms with Crippen LogP contribution in [0.2, 0.25) is 0 Å². The van der Waals surface area contributed by atoms with E-state index in [0.29, 0.717) is 23.2 Å². The van der Waals surface area contributed by atoms with Gasteiger partial charge < -0.3 is 10.4 Å². The first-order chi connectivity index (χ1) is 17.7. The Morgan fingerprint density at radius 3 is 2.46 bits per heavy atom. The summed E-state index contributed by atoms with van der Waals surface area (Å²) in [6, 6.07) is 17.1. The maximum atomic E-state index is 14.0. The summed E-state index contributed by atoms with van der Waals surface area (Å²) in [6.45, 7) is 1.61. The Morgan fingerprint density at radius 1 is 1.03 bits per heavy atom. The molecule has 0 saturated carbocycles. The monoisotopic (exact) mass is 498 g/mol. The molecule has 3 amide bonds. The Labute approximate surface area is 211 Å². The molecule has 37 heavy (non-hydrogen) atoms. The summed E-state index contributed by atoms with van der Waals surface area (Å²) in [5.74, 6) is -3.15. The van der Waals surface area contributed by atoms with E-state index in [9.17, 15) is 29.6 Å². The molecule has 186 valence electrons. The highest BCUT2D eigenvalue weighted by molar-refractivity contribution is 6.26. The molecular formula is C27H22N4O6. The van der Waals surface area contributed by atoms with Gasteiger partial charge in [-0.1, -0.05) is 30.3 Å². The fourth-order valence-corrected chi connectivity index (χ4v) is 6.06. The summed E-state index contributed by atoms with van der Waals surface area (Å²) < 4.78 is 0. The molecule has 2 fully saturated rings. The van der Waals surface area contributed by atoms with Crippen LogP contribution in [0.1, 0.15) is 16.7 Å². The molecule has 3 N–H and O–H groups in total. The molecule has 10 nitrogen and oxygen atoms in total.